The SMILES string of the molecule is NC(C(=O)O)c1ccc2n1CCC2. The number of fused-ring (bicyclic) bond motifs is 1. The summed E-state index contributed by atoms with van der Waals surface area (Å²) in [7, 11) is 0. The molecule has 0 aromatic carbocycles. The van der Waals surface area contributed by atoms with E-state index >= 15 is 0 Å². The molecule has 1 aromatic heterocycles. The number of carboxylic acids is 1. The van der Waals surface area contributed by atoms with Crippen molar-refractivity contribution in [3.63, 3.8) is 0 Å². The number of nitrogens with two attached hydrogens (primary N) is 1. The van der Waals surface area contributed by atoms with Crippen molar-refractivity contribution in [3.8, 4) is 0 Å². The van der Waals surface area contributed by atoms with Gasteiger partial charge in [0.25, 0.3) is 0 Å². The van der Waals surface area contributed by atoms with Crippen molar-refractivity contribution in [1.29, 1.82) is 0 Å². The largest absolute Gasteiger partial charge is 0.480 e. The lowest BCUT2D eigenvalue weighted by atomic mass is 10.2. The molecule has 0 bridgehead atoms. The molecule has 3 N–H and O–H groups in total. The molecule has 2 rings (SSSR count). The average Bonchev–Trinajstić information content (AvgIpc) is 2.61. The van der Waals surface area contributed by atoms with E-state index in [2.05, 4.69) is 0 Å². The summed E-state index contributed by atoms with van der Waals surface area (Å²) >= 11 is 0. The fraction of sp³-hybridized carbons (Fsp3) is 0.444. The van der Waals surface area contributed by atoms with Crippen LogP contribution in [0.3, 0.4) is 0 Å². The predicted octanol–water partition coefficient (Wildman–Crippen LogP) is 0.519. The highest BCUT2D eigenvalue weighted by Crippen LogP contribution is 2.22. The van der Waals surface area contributed by atoms with E-state index < -0.39 is 12.0 Å². The molecule has 0 fully saturated rings. The maximum atomic E-state index is 10.7. The van der Waals surface area contributed by atoms with Crippen LogP contribution in [0.15, 0.2) is 12.1 Å². The summed E-state index contributed by atoms with van der Waals surface area (Å²) in [5.74, 6) is -0.965. The van der Waals surface area contributed by atoms with Gasteiger partial charge < -0.3 is 15.4 Å². The molecular weight excluding hydrogens is 168 g/mol. The van der Waals surface area contributed by atoms with Crippen molar-refractivity contribution in [2.45, 2.75) is 25.4 Å². The van der Waals surface area contributed by atoms with Crippen LogP contribution >= 0.6 is 0 Å². The van der Waals surface area contributed by atoms with E-state index in [4.69, 9.17) is 10.8 Å². The van der Waals surface area contributed by atoms with Gasteiger partial charge >= 0.3 is 5.97 Å². The van der Waals surface area contributed by atoms with Crippen molar-refractivity contribution in [3.05, 3.63) is 23.5 Å². The Kier molecular flexibility index (Phi) is 1.84. The van der Waals surface area contributed by atoms with E-state index in [1.165, 1.54) is 5.69 Å². The van der Waals surface area contributed by atoms with Crippen LogP contribution in [-0.2, 0) is 17.8 Å². The maximum absolute atomic E-state index is 10.7. The standard InChI is InChI=1S/C9H12N2O2/c10-8(9(12)13)7-4-3-6-2-1-5-11(6)7/h3-4,8H,1-2,5,10H2,(H,12,13). The minimum Gasteiger partial charge on any atom is -0.480 e. The summed E-state index contributed by atoms with van der Waals surface area (Å²) in [4.78, 5) is 10.7. The zero-order valence-electron chi connectivity index (χ0n) is 7.23. The molecule has 4 heteroatoms. The first-order chi connectivity index (χ1) is 6.20. The molecule has 1 aromatic rings. The summed E-state index contributed by atoms with van der Waals surface area (Å²) in [5.41, 5.74) is 7.46. The number of nitrogens with zero attached hydrogens (tertiary/aromatic N) is 1. The lowest BCUT2D eigenvalue weighted by Gasteiger charge is -2.09. The van der Waals surface area contributed by atoms with Gasteiger partial charge in [-0.2, -0.15) is 0 Å². The highest BCUT2D eigenvalue weighted by Gasteiger charge is 2.22. The number of hydrogen-bond donors (Lipinski definition) is 2. The molecule has 0 amide bonds. The van der Waals surface area contributed by atoms with Crippen LogP contribution in [0.4, 0.5) is 0 Å². The molecule has 0 saturated carbocycles. The van der Waals surface area contributed by atoms with Gasteiger partial charge in [-0.1, -0.05) is 0 Å². The Balaban J connectivity index is 2.36. The van der Waals surface area contributed by atoms with E-state index in [0.29, 0.717) is 0 Å². The molecular formula is C9H12N2O2. The molecule has 0 aliphatic carbocycles. The van der Waals surface area contributed by atoms with Gasteiger partial charge in [-0.05, 0) is 25.0 Å². The normalized spacial score (nSPS) is 17.0. The molecule has 0 radical (unpaired) electrons. The second-order valence-electron chi connectivity index (χ2n) is 3.32. The van der Waals surface area contributed by atoms with Crippen molar-refractivity contribution in [2.75, 3.05) is 0 Å². The Labute approximate surface area is 76.0 Å². The van der Waals surface area contributed by atoms with Crippen molar-refractivity contribution in [2.24, 2.45) is 5.73 Å². The van der Waals surface area contributed by atoms with E-state index in [1.807, 2.05) is 16.7 Å². The number of hydrogen-bond acceptors (Lipinski definition) is 2. The van der Waals surface area contributed by atoms with Crippen LogP contribution < -0.4 is 5.73 Å². The molecule has 70 valence electrons. The highest BCUT2D eigenvalue weighted by molar-refractivity contribution is 5.74. The van der Waals surface area contributed by atoms with Crippen molar-refractivity contribution < 1.29 is 9.90 Å². The fourth-order valence-corrected chi connectivity index (χ4v) is 1.83. The summed E-state index contributed by atoms with van der Waals surface area (Å²) in [6.07, 6.45) is 2.13. The topological polar surface area (TPSA) is 68.2 Å². The third-order valence-corrected chi connectivity index (χ3v) is 2.50. The van der Waals surface area contributed by atoms with Gasteiger partial charge in [0.15, 0.2) is 0 Å². The first-order valence-corrected chi connectivity index (χ1v) is 4.37. The molecule has 2 heterocycles. The molecule has 1 aliphatic heterocycles. The average molecular weight is 180 g/mol. The van der Waals surface area contributed by atoms with E-state index in [-0.39, 0.29) is 0 Å². The minimum atomic E-state index is -0.965. The number of carboxylic acid groups (broad SMARTS) is 1. The van der Waals surface area contributed by atoms with Gasteiger partial charge in [-0.25, -0.2) is 0 Å². The molecule has 4 nitrogen and oxygen atoms in total. The fourth-order valence-electron chi connectivity index (χ4n) is 1.83. The van der Waals surface area contributed by atoms with Crippen molar-refractivity contribution in [1.82, 2.24) is 4.57 Å². The van der Waals surface area contributed by atoms with Gasteiger partial charge in [-0.3, -0.25) is 4.79 Å². The lowest BCUT2D eigenvalue weighted by molar-refractivity contribution is -0.138. The van der Waals surface area contributed by atoms with Crippen LogP contribution in [-0.4, -0.2) is 15.6 Å². The Morgan fingerprint density at radius 1 is 1.62 bits per heavy atom. The second kappa shape index (κ2) is 2.88. The number of aromatic nitrogens is 1. The zero-order chi connectivity index (χ0) is 9.42. The van der Waals surface area contributed by atoms with E-state index in [0.717, 1.165) is 25.1 Å². The highest BCUT2D eigenvalue weighted by atomic mass is 16.4. The molecule has 0 saturated heterocycles. The predicted molar refractivity (Wildman–Crippen MR) is 47.3 cm³/mol. The Bertz CT molecular complexity index is 343. The van der Waals surface area contributed by atoms with Gasteiger partial charge in [0.05, 0.1) is 0 Å². The van der Waals surface area contributed by atoms with Gasteiger partial charge in [-0.15, -0.1) is 0 Å². The smallest absolute Gasteiger partial charge is 0.326 e. The van der Waals surface area contributed by atoms with Gasteiger partial charge in [0.2, 0.25) is 0 Å². The third kappa shape index (κ3) is 1.23. The van der Waals surface area contributed by atoms with Crippen LogP contribution in [0.25, 0.3) is 0 Å². The second-order valence-corrected chi connectivity index (χ2v) is 3.32. The summed E-state index contributed by atoms with van der Waals surface area (Å²) in [6, 6.07) is 2.89. The van der Waals surface area contributed by atoms with Gasteiger partial charge in [0, 0.05) is 17.9 Å². The quantitative estimate of drug-likeness (QED) is 0.697. The molecule has 1 atom stereocenters. The maximum Gasteiger partial charge on any atom is 0.326 e. The van der Waals surface area contributed by atoms with Crippen molar-refractivity contribution >= 4 is 5.97 Å². The lowest BCUT2D eigenvalue weighted by Crippen LogP contribution is -2.23. The summed E-state index contributed by atoms with van der Waals surface area (Å²) < 4.78 is 2.01. The third-order valence-electron chi connectivity index (χ3n) is 2.50. The Morgan fingerprint density at radius 3 is 3.08 bits per heavy atom. The molecule has 1 aliphatic rings. The van der Waals surface area contributed by atoms with Crippen LogP contribution in [0.2, 0.25) is 0 Å². The number of carbonyl (C=O) groups is 1. The zero-order valence-corrected chi connectivity index (χ0v) is 7.23. The molecule has 0 spiro atoms. The first kappa shape index (κ1) is 8.31. The molecule has 13 heavy (non-hydrogen) atoms. The summed E-state index contributed by atoms with van der Waals surface area (Å²) in [5, 5.41) is 8.75. The number of rotatable bonds is 2. The number of aliphatic carboxylic acids is 1. The summed E-state index contributed by atoms with van der Waals surface area (Å²) in [6.45, 7) is 0.901. The minimum absolute atomic E-state index is 0.722. The first-order valence-electron chi connectivity index (χ1n) is 4.37. The van der Waals surface area contributed by atoms with Gasteiger partial charge in [0.1, 0.15) is 6.04 Å². The number of aryl methyl sites for hydroxylation is 1. The van der Waals surface area contributed by atoms with Crippen LogP contribution in [0.1, 0.15) is 23.9 Å². The monoisotopic (exact) mass is 180 g/mol. The molecule has 1 unspecified atom stereocenters. The van der Waals surface area contributed by atoms with Crippen LogP contribution in [0, 0.1) is 0 Å². The Morgan fingerprint density at radius 2 is 2.38 bits per heavy atom. The Hall–Kier alpha value is -1.29. The van der Waals surface area contributed by atoms with Crippen LogP contribution in [0.5, 0.6) is 0 Å². The van der Waals surface area contributed by atoms with E-state index in [9.17, 15) is 4.79 Å². The van der Waals surface area contributed by atoms with E-state index in [1.54, 1.807) is 0 Å².